The van der Waals surface area contributed by atoms with Crippen molar-refractivity contribution in [3.05, 3.63) is 12.3 Å². The number of carbonyl (C=O) groups is 1. The van der Waals surface area contributed by atoms with E-state index >= 15 is 0 Å². The molecule has 1 rings (SSSR count). The van der Waals surface area contributed by atoms with Crippen molar-refractivity contribution >= 4 is 5.97 Å². The lowest BCUT2D eigenvalue weighted by molar-refractivity contribution is -0.290. The molecular formula is C14H25NO4. The highest BCUT2D eigenvalue weighted by Gasteiger charge is 2.36. The molecule has 0 amide bonds. The topological polar surface area (TPSA) is 70.8 Å². The minimum atomic E-state index is -0.727. The van der Waals surface area contributed by atoms with Gasteiger partial charge in [0.2, 0.25) is 0 Å². The molecule has 0 aromatic heterocycles. The van der Waals surface area contributed by atoms with Gasteiger partial charge in [0.15, 0.2) is 5.79 Å². The van der Waals surface area contributed by atoms with E-state index in [0.717, 1.165) is 0 Å². The molecule has 0 unspecified atom stereocenters. The fourth-order valence-corrected chi connectivity index (χ4v) is 2.08. The molecule has 0 radical (unpaired) electrons. The summed E-state index contributed by atoms with van der Waals surface area (Å²) in [7, 11) is 0. The van der Waals surface area contributed by atoms with Crippen molar-refractivity contribution in [3.63, 3.8) is 0 Å². The second-order valence-electron chi connectivity index (χ2n) is 6.21. The third-order valence-corrected chi connectivity index (χ3v) is 2.52. The largest absolute Gasteiger partial charge is 0.460 e. The second-order valence-corrected chi connectivity index (χ2v) is 6.21. The third kappa shape index (κ3) is 6.07. The second kappa shape index (κ2) is 5.92. The van der Waals surface area contributed by atoms with Crippen LogP contribution in [0.1, 0.15) is 47.5 Å². The van der Waals surface area contributed by atoms with E-state index in [-0.39, 0.29) is 24.6 Å². The quantitative estimate of drug-likeness (QED) is 0.796. The van der Waals surface area contributed by atoms with Gasteiger partial charge >= 0.3 is 5.97 Å². The van der Waals surface area contributed by atoms with Gasteiger partial charge in [0.25, 0.3) is 0 Å². The molecule has 2 atom stereocenters. The molecule has 2 N–H and O–H groups in total. The molecule has 1 aliphatic rings. The Bertz CT molecular complexity index is 344. The van der Waals surface area contributed by atoms with E-state index < -0.39 is 11.4 Å². The fraction of sp³-hybridized carbons (Fsp3) is 0.786. The zero-order valence-electron chi connectivity index (χ0n) is 12.4. The van der Waals surface area contributed by atoms with E-state index in [9.17, 15) is 4.79 Å². The average molecular weight is 271 g/mol. The summed E-state index contributed by atoms with van der Waals surface area (Å²) in [5.41, 5.74) is 4.91. The number of carbonyl (C=O) groups excluding carboxylic acids is 1. The van der Waals surface area contributed by atoms with Crippen LogP contribution >= 0.6 is 0 Å². The number of ether oxygens (including phenoxy) is 3. The minimum absolute atomic E-state index is 0.138. The van der Waals surface area contributed by atoms with E-state index in [1.807, 2.05) is 34.6 Å². The van der Waals surface area contributed by atoms with Gasteiger partial charge in [-0.05, 0) is 46.9 Å². The Morgan fingerprint density at radius 3 is 2.58 bits per heavy atom. The van der Waals surface area contributed by atoms with Crippen LogP contribution in [0.5, 0.6) is 0 Å². The van der Waals surface area contributed by atoms with Crippen LogP contribution in [-0.4, -0.2) is 29.6 Å². The first kappa shape index (κ1) is 16.0. The van der Waals surface area contributed by atoms with Crippen molar-refractivity contribution in [1.29, 1.82) is 0 Å². The normalized spacial score (nSPS) is 27.4. The Morgan fingerprint density at radius 2 is 2.05 bits per heavy atom. The summed E-state index contributed by atoms with van der Waals surface area (Å²) in [5.74, 6) is -0.986. The first-order chi connectivity index (χ1) is 8.61. The molecule has 110 valence electrons. The first-order valence-electron chi connectivity index (χ1n) is 6.57. The highest BCUT2D eigenvalue weighted by molar-refractivity contribution is 5.70. The smallest absolute Gasteiger partial charge is 0.308 e. The molecule has 0 aromatic carbocycles. The fourth-order valence-electron chi connectivity index (χ4n) is 2.08. The molecule has 0 spiro atoms. The minimum Gasteiger partial charge on any atom is -0.460 e. The van der Waals surface area contributed by atoms with Gasteiger partial charge in [-0.3, -0.25) is 4.79 Å². The summed E-state index contributed by atoms with van der Waals surface area (Å²) in [6.45, 7) is 9.19. The molecule has 1 heterocycles. The highest BCUT2D eigenvalue weighted by Crippen LogP contribution is 2.29. The Balaban J connectivity index is 2.59. The molecule has 0 aliphatic carbocycles. The lowest BCUT2D eigenvalue weighted by Crippen LogP contribution is -2.45. The van der Waals surface area contributed by atoms with Crippen LogP contribution in [0.3, 0.4) is 0 Å². The summed E-state index contributed by atoms with van der Waals surface area (Å²) < 4.78 is 16.7. The van der Waals surface area contributed by atoms with Gasteiger partial charge in [0.05, 0.1) is 18.6 Å². The van der Waals surface area contributed by atoms with Gasteiger partial charge in [-0.15, -0.1) is 0 Å². The predicted octanol–water partition coefficient (Wildman–Crippen LogP) is 2.10. The standard InChI is InChI=1S/C14H25NO4/c1-13(2,3)19-12(16)9-11-8-10(6-7-15)17-14(4,5)18-11/h6-7,10-11H,8-9,15H2,1-5H3/b7-6+/t10-,11-/m1/s1. The first-order valence-corrected chi connectivity index (χ1v) is 6.57. The monoisotopic (exact) mass is 271 g/mol. The Kier molecular flexibility index (Phi) is 4.98. The molecule has 0 aromatic rings. The molecule has 1 fully saturated rings. The molecule has 5 heteroatoms. The Hall–Kier alpha value is -1.07. The Labute approximate surface area is 115 Å². The van der Waals surface area contributed by atoms with E-state index in [4.69, 9.17) is 19.9 Å². The summed E-state index contributed by atoms with van der Waals surface area (Å²) in [4.78, 5) is 11.8. The molecule has 1 aliphatic heterocycles. The van der Waals surface area contributed by atoms with Crippen molar-refractivity contribution in [1.82, 2.24) is 0 Å². The van der Waals surface area contributed by atoms with Gasteiger partial charge in [-0.1, -0.05) is 0 Å². The van der Waals surface area contributed by atoms with E-state index in [0.29, 0.717) is 6.42 Å². The number of hydrogen-bond acceptors (Lipinski definition) is 5. The molecular weight excluding hydrogens is 246 g/mol. The molecule has 5 nitrogen and oxygen atoms in total. The van der Waals surface area contributed by atoms with Crippen LogP contribution in [0.25, 0.3) is 0 Å². The van der Waals surface area contributed by atoms with E-state index in [1.54, 1.807) is 6.08 Å². The lowest BCUT2D eigenvalue weighted by atomic mass is 10.1. The molecule has 0 bridgehead atoms. The van der Waals surface area contributed by atoms with Crippen molar-refractivity contribution in [2.24, 2.45) is 5.73 Å². The van der Waals surface area contributed by atoms with Crippen LogP contribution in [0, 0.1) is 0 Å². The summed E-state index contributed by atoms with van der Waals surface area (Å²) in [6, 6.07) is 0. The van der Waals surface area contributed by atoms with Gasteiger partial charge in [0.1, 0.15) is 5.60 Å². The van der Waals surface area contributed by atoms with Crippen molar-refractivity contribution in [2.45, 2.75) is 71.1 Å². The Morgan fingerprint density at radius 1 is 1.42 bits per heavy atom. The maximum atomic E-state index is 11.8. The average Bonchev–Trinajstić information content (AvgIpc) is 2.10. The molecule has 19 heavy (non-hydrogen) atoms. The van der Waals surface area contributed by atoms with Crippen molar-refractivity contribution in [2.75, 3.05) is 0 Å². The molecule has 1 saturated heterocycles. The molecule has 0 saturated carbocycles. The van der Waals surface area contributed by atoms with Crippen LogP contribution in [-0.2, 0) is 19.0 Å². The maximum absolute atomic E-state index is 11.8. The number of esters is 1. The maximum Gasteiger partial charge on any atom is 0.308 e. The van der Waals surface area contributed by atoms with Gasteiger partial charge in [-0.2, -0.15) is 0 Å². The van der Waals surface area contributed by atoms with Crippen LogP contribution in [0.2, 0.25) is 0 Å². The zero-order valence-corrected chi connectivity index (χ0v) is 12.4. The van der Waals surface area contributed by atoms with Crippen LogP contribution < -0.4 is 5.73 Å². The van der Waals surface area contributed by atoms with E-state index in [1.165, 1.54) is 6.20 Å². The van der Waals surface area contributed by atoms with Crippen LogP contribution in [0.15, 0.2) is 12.3 Å². The summed E-state index contributed by atoms with van der Waals surface area (Å²) >= 11 is 0. The van der Waals surface area contributed by atoms with Crippen molar-refractivity contribution < 1.29 is 19.0 Å². The summed E-state index contributed by atoms with van der Waals surface area (Å²) in [6.07, 6.45) is 3.68. The van der Waals surface area contributed by atoms with E-state index in [2.05, 4.69) is 0 Å². The van der Waals surface area contributed by atoms with Crippen molar-refractivity contribution in [3.8, 4) is 0 Å². The predicted molar refractivity (Wildman–Crippen MR) is 72.2 cm³/mol. The lowest BCUT2D eigenvalue weighted by Gasteiger charge is -2.39. The van der Waals surface area contributed by atoms with Gasteiger partial charge in [0, 0.05) is 6.42 Å². The van der Waals surface area contributed by atoms with Crippen LogP contribution in [0.4, 0.5) is 0 Å². The SMILES string of the molecule is CC(C)(C)OC(=O)C[C@H]1C[C@@H](/C=C/N)OC(C)(C)O1. The zero-order chi connectivity index (χ0) is 14.7. The summed E-state index contributed by atoms with van der Waals surface area (Å²) in [5, 5.41) is 0. The van der Waals surface area contributed by atoms with Gasteiger partial charge < -0.3 is 19.9 Å². The number of rotatable bonds is 3. The third-order valence-electron chi connectivity index (χ3n) is 2.52. The highest BCUT2D eigenvalue weighted by atomic mass is 16.7. The number of hydrogen-bond donors (Lipinski definition) is 1. The number of nitrogens with two attached hydrogens (primary N) is 1. The van der Waals surface area contributed by atoms with Gasteiger partial charge in [-0.25, -0.2) is 0 Å².